The molecule has 1 aromatic heterocycles. The monoisotopic (exact) mass is 502 g/mol. The lowest BCUT2D eigenvalue weighted by molar-refractivity contribution is 0.360. The smallest absolute Gasteiger partial charge is 0.243 e. The first kappa shape index (κ1) is 25.4. The van der Waals surface area contributed by atoms with Crippen LogP contribution in [0, 0.1) is 0 Å². The lowest BCUT2D eigenvalue weighted by atomic mass is 10.0. The SMILES string of the molecule is C/C=C(\C=N/C)c1ccc(C=Cc2cnc(Nc3ccc(S(=O)(=O)N4CCNCC4)cc3)nc2)cc1. The van der Waals surface area contributed by atoms with Crippen LogP contribution in [-0.4, -0.2) is 62.1 Å². The van der Waals surface area contributed by atoms with E-state index in [0.29, 0.717) is 37.8 Å². The van der Waals surface area contributed by atoms with Crippen LogP contribution in [0.2, 0.25) is 0 Å². The molecule has 1 aliphatic heterocycles. The van der Waals surface area contributed by atoms with Gasteiger partial charge in [0.05, 0.1) is 4.90 Å². The summed E-state index contributed by atoms with van der Waals surface area (Å²) in [6, 6.07) is 14.9. The summed E-state index contributed by atoms with van der Waals surface area (Å²) in [7, 11) is -1.71. The second-order valence-electron chi connectivity index (χ2n) is 8.23. The number of aromatic nitrogens is 2. The van der Waals surface area contributed by atoms with Gasteiger partial charge in [0, 0.05) is 63.1 Å². The van der Waals surface area contributed by atoms with Crippen LogP contribution in [0.4, 0.5) is 11.6 Å². The average molecular weight is 503 g/mol. The van der Waals surface area contributed by atoms with E-state index in [9.17, 15) is 8.42 Å². The summed E-state index contributed by atoms with van der Waals surface area (Å²) < 4.78 is 27.1. The van der Waals surface area contributed by atoms with E-state index in [-0.39, 0.29) is 4.90 Å². The number of hydrogen-bond acceptors (Lipinski definition) is 7. The molecule has 2 N–H and O–H groups in total. The number of rotatable bonds is 8. The molecule has 0 amide bonds. The second kappa shape index (κ2) is 11.9. The third-order valence-electron chi connectivity index (χ3n) is 5.79. The molecule has 1 aliphatic rings. The van der Waals surface area contributed by atoms with Gasteiger partial charge in [0.25, 0.3) is 0 Å². The van der Waals surface area contributed by atoms with Crippen LogP contribution >= 0.6 is 0 Å². The Hall–Kier alpha value is -3.66. The maximum Gasteiger partial charge on any atom is 0.243 e. The van der Waals surface area contributed by atoms with E-state index in [1.54, 1.807) is 43.7 Å². The normalized spacial score (nSPS) is 15.6. The Morgan fingerprint density at radius 1 is 0.972 bits per heavy atom. The van der Waals surface area contributed by atoms with Crippen LogP contribution in [0.1, 0.15) is 23.6 Å². The number of sulfonamides is 1. The van der Waals surface area contributed by atoms with Crippen LogP contribution in [-0.2, 0) is 10.0 Å². The molecule has 0 aliphatic carbocycles. The number of nitrogens with one attached hydrogen (secondary N) is 2. The second-order valence-corrected chi connectivity index (χ2v) is 10.2. The average Bonchev–Trinajstić information content (AvgIpc) is 2.92. The van der Waals surface area contributed by atoms with Gasteiger partial charge in [-0.25, -0.2) is 18.4 Å². The summed E-state index contributed by atoms with van der Waals surface area (Å²) in [5.41, 5.74) is 4.86. The minimum atomic E-state index is -3.48. The molecule has 2 aromatic carbocycles. The van der Waals surface area contributed by atoms with Crippen molar-refractivity contribution in [3.8, 4) is 0 Å². The number of piperazine rings is 1. The van der Waals surface area contributed by atoms with Crippen molar-refractivity contribution in [3.63, 3.8) is 0 Å². The lowest BCUT2D eigenvalue weighted by Crippen LogP contribution is -2.46. The highest BCUT2D eigenvalue weighted by Crippen LogP contribution is 2.21. The number of nitrogens with zero attached hydrogens (tertiary/aromatic N) is 4. The molecular weight excluding hydrogens is 472 g/mol. The standard InChI is InChI=1S/C27H30N6O2S/c1-3-23(20-28-2)24-8-6-21(7-9-24)4-5-22-18-30-27(31-19-22)32-25-10-12-26(13-11-25)36(34,35)33-16-14-29-15-17-33/h3-13,18-20,29H,14-17H2,1-2H3,(H,30,31,32)/b5-4?,23-3+,28-20-. The molecule has 9 heteroatoms. The predicted molar refractivity (Wildman–Crippen MR) is 147 cm³/mol. The maximum absolute atomic E-state index is 12.8. The van der Waals surface area contributed by atoms with Gasteiger partial charge in [0.2, 0.25) is 16.0 Å². The number of aliphatic imine (C=N–C) groups is 1. The van der Waals surface area contributed by atoms with Crippen LogP contribution in [0.5, 0.6) is 0 Å². The first-order chi connectivity index (χ1) is 17.5. The molecule has 0 bridgehead atoms. The van der Waals surface area contributed by atoms with Gasteiger partial charge in [0.1, 0.15) is 0 Å². The van der Waals surface area contributed by atoms with E-state index in [0.717, 1.165) is 22.3 Å². The summed E-state index contributed by atoms with van der Waals surface area (Å²) in [5, 5.41) is 6.28. The first-order valence-corrected chi connectivity index (χ1v) is 13.2. The van der Waals surface area contributed by atoms with E-state index in [1.165, 1.54) is 4.31 Å². The van der Waals surface area contributed by atoms with Crippen molar-refractivity contribution in [2.24, 2.45) is 4.99 Å². The third-order valence-corrected chi connectivity index (χ3v) is 7.70. The van der Waals surface area contributed by atoms with Crippen molar-refractivity contribution in [1.29, 1.82) is 0 Å². The third kappa shape index (κ3) is 6.31. The lowest BCUT2D eigenvalue weighted by Gasteiger charge is -2.26. The highest BCUT2D eigenvalue weighted by Gasteiger charge is 2.25. The molecule has 3 aromatic rings. The van der Waals surface area contributed by atoms with Gasteiger partial charge in [-0.05, 0) is 47.9 Å². The molecule has 0 radical (unpaired) electrons. The fourth-order valence-electron chi connectivity index (χ4n) is 3.80. The van der Waals surface area contributed by atoms with Gasteiger partial charge in [-0.15, -0.1) is 0 Å². The van der Waals surface area contributed by atoms with Crippen LogP contribution in [0.15, 0.2) is 76.9 Å². The quantitative estimate of drug-likeness (QED) is 0.450. The Bertz CT molecular complexity index is 1340. The van der Waals surface area contributed by atoms with Gasteiger partial charge in [0.15, 0.2) is 0 Å². The fourth-order valence-corrected chi connectivity index (χ4v) is 5.24. The molecule has 8 nitrogen and oxygen atoms in total. The highest BCUT2D eigenvalue weighted by molar-refractivity contribution is 7.89. The summed E-state index contributed by atoms with van der Waals surface area (Å²) in [5.74, 6) is 0.436. The van der Waals surface area contributed by atoms with Crippen molar-refractivity contribution in [2.75, 3.05) is 38.5 Å². The molecule has 0 spiro atoms. The van der Waals surface area contributed by atoms with Crippen molar-refractivity contribution >= 4 is 45.6 Å². The molecule has 186 valence electrons. The number of benzene rings is 2. The largest absolute Gasteiger partial charge is 0.324 e. The fraction of sp³-hybridized carbons (Fsp3) is 0.222. The van der Waals surface area contributed by atoms with Crippen LogP contribution in [0.3, 0.4) is 0 Å². The van der Waals surface area contributed by atoms with Crippen molar-refractivity contribution in [3.05, 3.63) is 83.7 Å². The van der Waals surface area contributed by atoms with Gasteiger partial charge in [-0.3, -0.25) is 4.99 Å². The van der Waals surface area contributed by atoms with Crippen molar-refractivity contribution in [1.82, 2.24) is 19.6 Å². The van der Waals surface area contributed by atoms with Crippen molar-refractivity contribution < 1.29 is 8.42 Å². The maximum atomic E-state index is 12.8. The Balaban J connectivity index is 1.37. The van der Waals surface area contributed by atoms with Crippen molar-refractivity contribution in [2.45, 2.75) is 11.8 Å². The first-order valence-electron chi connectivity index (χ1n) is 11.8. The van der Waals surface area contributed by atoms with E-state index in [2.05, 4.69) is 49.9 Å². The molecule has 0 saturated carbocycles. The van der Waals surface area contributed by atoms with Gasteiger partial charge < -0.3 is 10.6 Å². The van der Waals surface area contributed by atoms with E-state index >= 15 is 0 Å². The molecule has 2 heterocycles. The summed E-state index contributed by atoms with van der Waals surface area (Å²) in [6.45, 7) is 4.29. The molecule has 36 heavy (non-hydrogen) atoms. The summed E-state index contributed by atoms with van der Waals surface area (Å²) in [6.07, 6.45) is 11.3. The molecule has 4 rings (SSSR count). The summed E-state index contributed by atoms with van der Waals surface area (Å²) in [4.78, 5) is 13.1. The zero-order chi connectivity index (χ0) is 25.4. The number of hydrogen-bond donors (Lipinski definition) is 2. The Morgan fingerprint density at radius 3 is 2.22 bits per heavy atom. The minimum absolute atomic E-state index is 0.282. The summed E-state index contributed by atoms with van der Waals surface area (Å²) >= 11 is 0. The predicted octanol–water partition coefficient (Wildman–Crippen LogP) is 4.09. The molecule has 0 unspecified atom stereocenters. The van der Waals surface area contributed by atoms with Crippen LogP contribution in [0.25, 0.3) is 17.7 Å². The minimum Gasteiger partial charge on any atom is -0.324 e. The number of allylic oxidation sites excluding steroid dienone is 2. The molecular formula is C27H30N6O2S. The van der Waals surface area contributed by atoms with Gasteiger partial charge in [-0.1, -0.05) is 42.5 Å². The van der Waals surface area contributed by atoms with Gasteiger partial charge in [-0.2, -0.15) is 4.31 Å². The Kier molecular flexibility index (Phi) is 8.37. The topological polar surface area (TPSA) is 99.6 Å². The van der Waals surface area contributed by atoms with Gasteiger partial charge >= 0.3 is 0 Å². The molecule has 1 fully saturated rings. The zero-order valence-electron chi connectivity index (χ0n) is 20.4. The zero-order valence-corrected chi connectivity index (χ0v) is 21.2. The number of anilines is 2. The van der Waals surface area contributed by atoms with E-state index < -0.39 is 10.0 Å². The Labute approximate surface area is 212 Å². The molecule has 0 atom stereocenters. The molecule has 1 saturated heterocycles. The van der Waals surface area contributed by atoms with E-state index in [1.807, 2.05) is 31.4 Å². The van der Waals surface area contributed by atoms with E-state index in [4.69, 9.17) is 0 Å². The van der Waals surface area contributed by atoms with Crippen LogP contribution < -0.4 is 10.6 Å². The Morgan fingerprint density at radius 2 is 1.61 bits per heavy atom. The highest BCUT2D eigenvalue weighted by atomic mass is 32.2.